The van der Waals surface area contributed by atoms with Crippen LogP contribution in [-0.4, -0.2) is 33.1 Å². The molecule has 0 aliphatic carbocycles. The fourth-order valence-electron chi connectivity index (χ4n) is 1.83. The standard InChI is InChI=1S/C17H14ClN5OS3/c18-14-5-3-12(4-6-14)10-25-16-22-23-17(27-16)26-11-15(24)21-20-9-13-2-1-7-19-8-13/h1-9H,10-11H2,(H,21,24)/b20-9-. The summed E-state index contributed by atoms with van der Waals surface area (Å²) < 4.78 is 1.61. The smallest absolute Gasteiger partial charge is 0.250 e. The number of rotatable bonds is 8. The number of pyridine rings is 1. The number of nitrogens with one attached hydrogen (secondary N) is 1. The van der Waals surface area contributed by atoms with Crippen molar-refractivity contribution in [2.45, 2.75) is 14.4 Å². The number of hydrogen-bond donors (Lipinski definition) is 1. The molecule has 0 fully saturated rings. The molecule has 3 rings (SSSR count). The molecule has 10 heteroatoms. The van der Waals surface area contributed by atoms with Crippen molar-refractivity contribution in [3.8, 4) is 0 Å². The quantitative estimate of drug-likeness (QED) is 0.325. The Bertz CT molecular complexity index is 902. The number of carbonyl (C=O) groups is 1. The van der Waals surface area contributed by atoms with Gasteiger partial charge in [-0.05, 0) is 23.8 Å². The number of halogens is 1. The molecule has 2 aromatic heterocycles. The van der Waals surface area contributed by atoms with Gasteiger partial charge in [0, 0.05) is 28.7 Å². The highest BCUT2D eigenvalue weighted by Crippen LogP contribution is 2.30. The molecule has 1 N–H and O–H groups in total. The predicted molar refractivity (Wildman–Crippen MR) is 112 cm³/mol. The van der Waals surface area contributed by atoms with Crippen LogP contribution >= 0.6 is 46.5 Å². The Labute approximate surface area is 173 Å². The molecule has 0 spiro atoms. The zero-order valence-electron chi connectivity index (χ0n) is 13.9. The topological polar surface area (TPSA) is 80.1 Å². The highest BCUT2D eigenvalue weighted by molar-refractivity contribution is 8.03. The van der Waals surface area contributed by atoms with Gasteiger partial charge >= 0.3 is 0 Å². The van der Waals surface area contributed by atoms with E-state index in [0.717, 1.165) is 25.0 Å². The van der Waals surface area contributed by atoms with Gasteiger partial charge in [0.15, 0.2) is 8.68 Å². The molecule has 3 aromatic rings. The molecule has 6 nitrogen and oxygen atoms in total. The molecular weight excluding hydrogens is 422 g/mol. The summed E-state index contributed by atoms with van der Waals surface area (Å²) in [4.78, 5) is 15.8. The molecule has 0 atom stereocenters. The fraction of sp³-hybridized carbons (Fsp3) is 0.118. The summed E-state index contributed by atoms with van der Waals surface area (Å²) in [5.74, 6) is 0.812. The minimum atomic E-state index is -0.203. The van der Waals surface area contributed by atoms with Gasteiger partial charge in [-0.25, -0.2) is 5.43 Å². The third kappa shape index (κ3) is 6.94. The zero-order chi connectivity index (χ0) is 18.9. The fourth-order valence-corrected chi connectivity index (χ4v) is 4.72. The molecule has 1 amide bonds. The lowest BCUT2D eigenvalue weighted by Gasteiger charge is -1.98. The van der Waals surface area contributed by atoms with Crippen LogP contribution in [0.4, 0.5) is 0 Å². The van der Waals surface area contributed by atoms with Crippen molar-refractivity contribution in [2.75, 3.05) is 5.75 Å². The summed E-state index contributed by atoms with van der Waals surface area (Å²) in [6, 6.07) is 11.4. The first-order chi connectivity index (χ1) is 13.2. The largest absolute Gasteiger partial charge is 0.272 e. The minimum absolute atomic E-state index is 0.203. The van der Waals surface area contributed by atoms with Crippen molar-refractivity contribution in [1.82, 2.24) is 20.6 Å². The third-order valence-electron chi connectivity index (χ3n) is 3.08. The summed E-state index contributed by atoms with van der Waals surface area (Å²) in [5, 5.41) is 12.9. The Morgan fingerprint density at radius 3 is 2.70 bits per heavy atom. The van der Waals surface area contributed by atoms with Crippen LogP contribution < -0.4 is 5.43 Å². The first-order valence-electron chi connectivity index (χ1n) is 7.74. The Morgan fingerprint density at radius 2 is 1.96 bits per heavy atom. The van der Waals surface area contributed by atoms with E-state index in [-0.39, 0.29) is 11.7 Å². The molecule has 2 heterocycles. The Balaban J connectivity index is 1.40. The normalized spacial score (nSPS) is 11.0. The number of thioether (sulfide) groups is 2. The molecule has 0 radical (unpaired) electrons. The van der Waals surface area contributed by atoms with Crippen molar-refractivity contribution < 1.29 is 4.79 Å². The van der Waals surface area contributed by atoms with Crippen LogP contribution in [0.3, 0.4) is 0 Å². The van der Waals surface area contributed by atoms with Crippen LogP contribution in [0, 0.1) is 0 Å². The second kappa shape index (κ2) is 10.4. The van der Waals surface area contributed by atoms with Gasteiger partial charge in [-0.15, -0.1) is 10.2 Å². The van der Waals surface area contributed by atoms with Crippen LogP contribution in [0.15, 0.2) is 62.6 Å². The molecule has 0 aliphatic heterocycles. The van der Waals surface area contributed by atoms with E-state index >= 15 is 0 Å². The number of nitrogens with zero attached hydrogens (tertiary/aromatic N) is 4. The first kappa shape index (κ1) is 19.8. The van der Waals surface area contributed by atoms with Crippen LogP contribution in [0.25, 0.3) is 0 Å². The lowest BCUT2D eigenvalue weighted by molar-refractivity contribution is -0.118. The maximum atomic E-state index is 11.8. The Hall–Kier alpha value is -1.94. The van der Waals surface area contributed by atoms with E-state index in [1.807, 2.05) is 30.3 Å². The lowest BCUT2D eigenvalue weighted by atomic mass is 10.2. The molecule has 0 saturated heterocycles. The van der Waals surface area contributed by atoms with Gasteiger partial charge in [-0.3, -0.25) is 9.78 Å². The Kier molecular flexibility index (Phi) is 7.64. The van der Waals surface area contributed by atoms with E-state index in [1.165, 1.54) is 28.7 Å². The average molecular weight is 436 g/mol. The number of hydrogen-bond acceptors (Lipinski definition) is 8. The molecule has 1 aromatic carbocycles. The SMILES string of the molecule is O=C(CSc1nnc(SCc2ccc(Cl)cc2)s1)N/N=C\c1cccnc1. The predicted octanol–water partition coefficient (Wildman–Crippen LogP) is 4.12. The van der Waals surface area contributed by atoms with Gasteiger partial charge in [0.1, 0.15) is 0 Å². The van der Waals surface area contributed by atoms with Gasteiger partial charge in [-0.2, -0.15) is 5.10 Å². The first-order valence-corrected chi connectivity index (χ1v) is 10.9. The molecule has 0 unspecified atom stereocenters. The maximum Gasteiger partial charge on any atom is 0.250 e. The summed E-state index contributed by atoms with van der Waals surface area (Å²) in [6.07, 6.45) is 4.89. The average Bonchev–Trinajstić information content (AvgIpc) is 3.15. The molecule has 0 saturated carbocycles. The van der Waals surface area contributed by atoms with E-state index in [4.69, 9.17) is 11.6 Å². The molecule has 27 heavy (non-hydrogen) atoms. The van der Waals surface area contributed by atoms with E-state index in [9.17, 15) is 4.79 Å². The number of amides is 1. The summed E-state index contributed by atoms with van der Waals surface area (Å²) in [6.45, 7) is 0. The minimum Gasteiger partial charge on any atom is -0.272 e. The number of carbonyl (C=O) groups excluding carboxylic acids is 1. The summed E-state index contributed by atoms with van der Waals surface area (Å²) in [7, 11) is 0. The molecule has 0 bridgehead atoms. The second-order valence-corrected chi connectivity index (χ2v) is 8.98. The van der Waals surface area contributed by atoms with Gasteiger partial charge in [0.05, 0.1) is 12.0 Å². The van der Waals surface area contributed by atoms with Crippen molar-refractivity contribution in [3.05, 3.63) is 64.9 Å². The van der Waals surface area contributed by atoms with Gasteiger partial charge < -0.3 is 0 Å². The van der Waals surface area contributed by atoms with E-state index in [0.29, 0.717) is 0 Å². The highest BCUT2D eigenvalue weighted by atomic mass is 35.5. The third-order valence-corrected chi connectivity index (χ3v) is 6.59. The van der Waals surface area contributed by atoms with Gasteiger partial charge in [0.2, 0.25) is 0 Å². The molecule has 138 valence electrons. The van der Waals surface area contributed by atoms with Gasteiger partial charge in [0.25, 0.3) is 5.91 Å². The second-order valence-electron chi connectivity index (χ2n) is 5.12. The van der Waals surface area contributed by atoms with Crippen molar-refractivity contribution in [2.24, 2.45) is 5.10 Å². The number of aromatic nitrogens is 3. The zero-order valence-corrected chi connectivity index (χ0v) is 17.1. The molecule has 0 aliphatic rings. The van der Waals surface area contributed by atoms with Crippen molar-refractivity contribution in [1.29, 1.82) is 0 Å². The number of benzene rings is 1. The van der Waals surface area contributed by atoms with E-state index in [1.54, 1.807) is 36.4 Å². The van der Waals surface area contributed by atoms with Crippen LogP contribution in [-0.2, 0) is 10.5 Å². The van der Waals surface area contributed by atoms with Crippen molar-refractivity contribution in [3.63, 3.8) is 0 Å². The molecular formula is C17H14ClN5OS3. The van der Waals surface area contributed by atoms with Crippen molar-refractivity contribution >= 4 is 58.6 Å². The van der Waals surface area contributed by atoms with Crippen LogP contribution in [0.2, 0.25) is 5.02 Å². The monoisotopic (exact) mass is 435 g/mol. The Morgan fingerprint density at radius 1 is 1.19 bits per heavy atom. The van der Waals surface area contributed by atoms with Gasteiger partial charge in [-0.1, -0.05) is 64.7 Å². The lowest BCUT2D eigenvalue weighted by Crippen LogP contribution is -2.19. The summed E-state index contributed by atoms with van der Waals surface area (Å²) in [5.41, 5.74) is 4.46. The maximum absolute atomic E-state index is 11.8. The number of hydrazone groups is 1. The van der Waals surface area contributed by atoms with E-state index in [2.05, 4.69) is 25.7 Å². The van der Waals surface area contributed by atoms with Crippen LogP contribution in [0.5, 0.6) is 0 Å². The van der Waals surface area contributed by atoms with E-state index < -0.39 is 0 Å². The van der Waals surface area contributed by atoms with Crippen LogP contribution in [0.1, 0.15) is 11.1 Å². The highest BCUT2D eigenvalue weighted by Gasteiger charge is 2.08. The summed E-state index contributed by atoms with van der Waals surface area (Å²) >= 11 is 10.3.